The van der Waals surface area contributed by atoms with Crippen LogP contribution in [-0.2, 0) is 12.6 Å². The first-order chi connectivity index (χ1) is 9.40. The maximum atomic E-state index is 12.7. The third kappa shape index (κ3) is 3.26. The van der Waals surface area contributed by atoms with E-state index in [1.807, 2.05) is 6.92 Å². The smallest absolute Gasteiger partial charge is 0.384 e. The number of benzene rings is 1. The number of nitrogens with zero attached hydrogens (tertiary/aromatic N) is 2. The highest BCUT2D eigenvalue weighted by molar-refractivity contribution is 5.62. The molecule has 106 valence electrons. The van der Waals surface area contributed by atoms with Crippen molar-refractivity contribution < 1.29 is 13.2 Å². The third-order valence-corrected chi connectivity index (χ3v) is 2.75. The van der Waals surface area contributed by atoms with E-state index in [2.05, 4.69) is 9.97 Å². The van der Waals surface area contributed by atoms with E-state index in [4.69, 9.17) is 5.73 Å². The number of rotatable bonds is 3. The summed E-state index contributed by atoms with van der Waals surface area (Å²) in [6, 6.07) is 6.51. The highest BCUT2D eigenvalue weighted by Gasteiger charge is 2.30. The standard InChI is InChI=1S/C14H14F3N3/c1-2-4-13-19-11(8-12(18)20-13)9-5-3-6-10(7-9)14(15,16)17/h3,5-8H,2,4H2,1H3,(H2,18,19,20). The number of halogens is 3. The summed E-state index contributed by atoms with van der Waals surface area (Å²) in [6.45, 7) is 1.97. The van der Waals surface area contributed by atoms with Gasteiger partial charge in [0.2, 0.25) is 0 Å². The molecule has 0 atom stereocenters. The number of nitrogen functional groups attached to an aromatic ring is 1. The molecular weight excluding hydrogens is 267 g/mol. The van der Waals surface area contributed by atoms with E-state index >= 15 is 0 Å². The van der Waals surface area contributed by atoms with Gasteiger partial charge in [0, 0.05) is 18.1 Å². The van der Waals surface area contributed by atoms with Gasteiger partial charge in [0.05, 0.1) is 11.3 Å². The van der Waals surface area contributed by atoms with E-state index in [0.29, 0.717) is 23.5 Å². The lowest BCUT2D eigenvalue weighted by atomic mass is 10.1. The molecule has 1 aromatic heterocycles. The molecule has 6 heteroatoms. The fraction of sp³-hybridized carbons (Fsp3) is 0.286. The molecule has 20 heavy (non-hydrogen) atoms. The molecule has 2 aromatic rings. The minimum atomic E-state index is -4.37. The van der Waals surface area contributed by atoms with Gasteiger partial charge in [0.15, 0.2) is 0 Å². The Bertz CT molecular complexity index is 609. The molecule has 1 heterocycles. The van der Waals surface area contributed by atoms with Crippen molar-refractivity contribution >= 4 is 5.82 Å². The van der Waals surface area contributed by atoms with Crippen LogP contribution in [0.1, 0.15) is 24.7 Å². The van der Waals surface area contributed by atoms with E-state index in [-0.39, 0.29) is 5.82 Å². The zero-order valence-electron chi connectivity index (χ0n) is 10.9. The van der Waals surface area contributed by atoms with Gasteiger partial charge in [0.25, 0.3) is 0 Å². The Hall–Kier alpha value is -2.11. The summed E-state index contributed by atoms with van der Waals surface area (Å²) in [6.07, 6.45) is -2.90. The van der Waals surface area contributed by atoms with E-state index in [1.165, 1.54) is 12.1 Å². The normalized spacial score (nSPS) is 11.6. The number of anilines is 1. The first kappa shape index (κ1) is 14.3. The van der Waals surface area contributed by atoms with Crippen LogP contribution >= 0.6 is 0 Å². The molecule has 0 unspecified atom stereocenters. The summed E-state index contributed by atoms with van der Waals surface area (Å²) in [4.78, 5) is 8.32. The summed E-state index contributed by atoms with van der Waals surface area (Å²) in [5.74, 6) is 0.802. The van der Waals surface area contributed by atoms with Crippen molar-refractivity contribution in [2.45, 2.75) is 25.9 Å². The van der Waals surface area contributed by atoms with E-state index in [9.17, 15) is 13.2 Å². The first-order valence-electron chi connectivity index (χ1n) is 6.21. The SMILES string of the molecule is CCCc1nc(N)cc(-c2cccc(C(F)(F)F)c2)n1. The van der Waals surface area contributed by atoms with Gasteiger partial charge in [-0.15, -0.1) is 0 Å². The predicted octanol–water partition coefficient (Wildman–Crippen LogP) is 3.70. The van der Waals surface area contributed by atoms with Crippen LogP contribution in [0.4, 0.5) is 19.0 Å². The summed E-state index contributed by atoms with van der Waals surface area (Å²) in [5.41, 5.74) is 5.76. The molecule has 0 amide bonds. The van der Waals surface area contributed by atoms with Gasteiger partial charge in [-0.2, -0.15) is 13.2 Å². The number of nitrogens with two attached hydrogens (primary N) is 1. The summed E-state index contributed by atoms with van der Waals surface area (Å²) in [7, 11) is 0. The van der Waals surface area contributed by atoms with Crippen LogP contribution in [0.5, 0.6) is 0 Å². The molecule has 0 aliphatic rings. The van der Waals surface area contributed by atoms with Crippen LogP contribution < -0.4 is 5.73 Å². The molecule has 0 spiro atoms. The second kappa shape index (κ2) is 5.48. The van der Waals surface area contributed by atoms with Crippen molar-refractivity contribution in [2.24, 2.45) is 0 Å². The molecule has 0 radical (unpaired) electrons. The molecule has 0 saturated carbocycles. The van der Waals surface area contributed by atoms with Crippen LogP contribution in [0.25, 0.3) is 11.3 Å². The van der Waals surface area contributed by atoms with Crippen molar-refractivity contribution in [3.05, 3.63) is 41.7 Å². The molecule has 0 aliphatic heterocycles. The van der Waals surface area contributed by atoms with Gasteiger partial charge >= 0.3 is 6.18 Å². The molecule has 0 bridgehead atoms. The summed E-state index contributed by atoms with van der Waals surface area (Å²) >= 11 is 0. The monoisotopic (exact) mass is 281 g/mol. The molecule has 0 fully saturated rings. The number of aryl methyl sites for hydroxylation is 1. The molecule has 3 nitrogen and oxygen atoms in total. The van der Waals surface area contributed by atoms with Gasteiger partial charge in [0.1, 0.15) is 11.6 Å². The predicted molar refractivity (Wildman–Crippen MR) is 70.9 cm³/mol. The molecule has 1 aromatic carbocycles. The Balaban J connectivity index is 2.46. The Labute approximate surface area is 114 Å². The second-order valence-corrected chi connectivity index (χ2v) is 4.42. The Morgan fingerprint density at radius 2 is 1.90 bits per heavy atom. The number of aromatic nitrogens is 2. The lowest BCUT2D eigenvalue weighted by Crippen LogP contribution is -2.05. The van der Waals surface area contributed by atoms with Crippen molar-refractivity contribution in [1.82, 2.24) is 9.97 Å². The maximum absolute atomic E-state index is 12.7. The Morgan fingerprint density at radius 3 is 2.55 bits per heavy atom. The van der Waals surface area contributed by atoms with Crippen molar-refractivity contribution in [3.8, 4) is 11.3 Å². The van der Waals surface area contributed by atoms with Crippen LogP contribution in [0.3, 0.4) is 0 Å². The van der Waals surface area contributed by atoms with Crippen LogP contribution in [-0.4, -0.2) is 9.97 Å². The number of hydrogen-bond donors (Lipinski definition) is 1. The van der Waals surface area contributed by atoms with Crippen LogP contribution in [0.15, 0.2) is 30.3 Å². The van der Waals surface area contributed by atoms with Crippen molar-refractivity contribution in [3.63, 3.8) is 0 Å². The zero-order valence-corrected chi connectivity index (χ0v) is 10.9. The highest BCUT2D eigenvalue weighted by atomic mass is 19.4. The fourth-order valence-electron chi connectivity index (χ4n) is 1.86. The third-order valence-electron chi connectivity index (χ3n) is 2.75. The average molecular weight is 281 g/mol. The van der Waals surface area contributed by atoms with Gasteiger partial charge in [-0.05, 0) is 18.6 Å². The molecular formula is C14H14F3N3. The number of alkyl halides is 3. The van der Waals surface area contributed by atoms with Gasteiger partial charge < -0.3 is 5.73 Å². The Kier molecular flexibility index (Phi) is 3.92. The lowest BCUT2D eigenvalue weighted by molar-refractivity contribution is -0.137. The lowest BCUT2D eigenvalue weighted by Gasteiger charge is -2.09. The van der Waals surface area contributed by atoms with Gasteiger partial charge in [-0.1, -0.05) is 19.1 Å². The quantitative estimate of drug-likeness (QED) is 0.933. The fourth-order valence-corrected chi connectivity index (χ4v) is 1.86. The molecule has 0 saturated heterocycles. The minimum Gasteiger partial charge on any atom is -0.384 e. The minimum absolute atomic E-state index is 0.260. The molecule has 2 rings (SSSR count). The second-order valence-electron chi connectivity index (χ2n) is 4.42. The average Bonchev–Trinajstić information content (AvgIpc) is 2.37. The highest BCUT2D eigenvalue weighted by Crippen LogP contribution is 2.31. The van der Waals surface area contributed by atoms with E-state index in [0.717, 1.165) is 18.6 Å². The van der Waals surface area contributed by atoms with Crippen LogP contribution in [0, 0.1) is 0 Å². The van der Waals surface area contributed by atoms with Crippen molar-refractivity contribution in [2.75, 3.05) is 5.73 Å². The summed E-state index contributed by atoms with van der Waals surface area (Å²) < 4.78 is 38.1. The van der Waals surface area contributed by atoms with Crippen LogP contribution in [0.2, 0.25) is 0 Å². The largest absolute Gasteiger partial charge is 0.416 e. The summed E-state index contributed by atoms with van der Waals surface area (Å²) in [5, 5.41) is 0. The van der Waals surface area contributed by atoms with Gasteiger partial charge in [-0.3, -0.25) is 0 Å². The molecule has 0 aliphatic carbocycles. The first-order valence-corrected chi connectivity index (χ1v) is 6.21. The van der Waals surface area contributed by atoms with Gasteiger partial charge in [-0.25, -0.2) is 9.97 Å². The topological polar surface area (TPSA) is 51.8 Å². The van der Waals surface area contributed by atoms with E-state index < -0.39 is 11.7 Å². The Morgan fingerprint density at radius 1 is 1.15 bits per heavy atom. The molecule has 2 N–H and O–H groups in total. The number of hydrogen-bond acceptors (Lipinski definition) is 3. The van der Waals surface area contributed by atoms with E-state index in [1.54, 1.807) is 6.07 Å². The maximum Gasteiger partial charge on any atom is 0.416 e. The zero-order chi connectivity index (χ0) is 14.8. The van der Waals surface area contributed by atoms with Crippen molar-refractivity contribution in [1.29, 1.82) is 0 Å².